The summed E-state index contributed by atoms with van der Waals surface area (Å²) in [5.41, 5.74) is 0.683. The van der Waals surface area contributed by atoms with E-state index in [9.17, 15) is 13.2 Å². The van der Waals surface area contributed by atoms with Crippen molar-refractivity contribution in [1.82, 2.24) is 14.8 Å². The number of hydrogen-bond donors (Lipinski definition) is 0. The molecule has 28 heavy (non-hydrogen) atoms. The van der Waals surface area contributed by atoms with Gasteiger partial charge in [0.25, 0.3) is 5.91 Å². The van der Waals surface area contributed by atoms with E-state index in [2.05, 4.69) is 9.88 Å². The summed E-state index contributed by atoms with van der Waals surface area (Å²) in [7, 11) is -2.87. The molecule has 1 aromatic heterocycles. The average molecular weight is 418 g/mol. The number of carbonyl (C=O) groups excluding carboxylic acids is 1. The van der Waals surface area contributed by atoms with Gasteiger partial charge < -0.3 is 4.90 Å². The maximum atomic E-state index is 12.8. The quantitative estimate of drug-likeness (QED) is 0.759. The Hall–Kier alpha value is -1.90. The third-order valence-electron chi connectivity index (χ3n) is 5.29. The van der Waals surface area contributed by atoms with E-state index in [0.29, 0.717) is 30.8 Å². The van der Waals surface area contributed by atoms with Gasteiger partial charge in [-0.1, -0.05) is 17.8 Å². The topological polar surface area (TPSA) is 70.6 Å². The first kappa shape index (κ1) is 19.4. The largest absolute Gasteiger partial charge is 0.336 e. The van der Waals surface area contributed by atoms with Crippen molar-refractivity contribution >= 4 is 27.5 Å². The van der Waals surface area contributed by atoms with E-state index in [0.717, 1.165) is 23.0 Å². The summed E-state index contributed by atoms with van der Waals surface area (Å²) < 4.78 is 23.4. The number of aromatic nitrogens is 1. The van der Waals surface area contributed by atoms with Crippen LogP contribution in [0.15, 0.2) is 58.6 Å². The van der Waals surface area contributed by atoms with Crippen molar-refractivity contribution in [1.29, 1.82) is 0 Å². The molecule has 0 radical (unpaired) electrons. The molecule has 2 aromatic rings. The summed E-state index contributed by atoms with van der Waals surface area (Å²) >= 11 is 1.57. The fraction of sp³-hybridized carbons (Fsp3) is 0.400. The van der Waals surface area contributed by atoms with Gasteiger partial charge in [0.15, 0.2) is 9.84 Å². The summed E-state index contributed by atoms with van der Waals surface area (Å²) in [4.78, 5) is 22.2. The van der Waals surface area contributed by atoms with Crippen LogP contribution in [0.4, 0.5) is 0 Å². The zero-order valence-corrected chi connectivity index (χ0v) is 17.2. The number of rotatable bonds is 4. The Kier molecular flexibility index (Phi) is 5.70. The van der Waals surface area contributed by atoms with Gasteiger partial charge in [-0.3, -0.25) is 9.69 Å². The van der Waals surface area contributed by atoms with Crippen LogP contribution in [0.5, 0.6) is 0 Å². The highest BCUT2D eigenvalue weighted by molar-refractivity contribution is 7.99. The van der Waals surface area contributed by atoms with Crippen LogP contribution in [-0.2, 0) is 9.84 Å². The molecule has 8 heteroatoms. The van der Waals surface area contributed by atoms with Crippen LogP contribution in [0.1, 0.15) is 16.8 Å². The first-order valence-electron chi connectivity index (χ1n) is 9.43. The Labute approximate surface area is 169 Å². The van der Waals surface area contributed by atoms with Crippen molar-refractivity contribution in [3.8, 4) is 0 Å². The average Bonchev–Trinajstić information content (AvgIpc) is 3.09. The second kappa shape index (κ2) is 8.23. The number of nitrogens with zero attached hydrogens (tertiary/aromatic N) is 3. The summed E-state index contributed by atoms with van der Waals surface area (Å²) in [6.07, 6.45) is 2.48. The zero-order chi connectivity index (χ0) is 19.6. The number of amides is 1. The van der Waals surface area contributed by atoms with Crippen LogP contribution in [0.3, 0.4) is 0 Å². The van der Waals surface area contributed by atoms with Gasteiger partial charge in [-0.05, 0) is 42.8 Å². The molecule has 6 nitrogen and oxygen atoms in total. The van der Waals surface area contributed by atoms with Crippen molar-refractivity contribution in [3.05, 3.63) is 54.2 Å². The molecule has 2 aliphatic rings. The Morgan fingerprint density at radius 3 is 2.39 bits per heavy atom. The summed E-state index contributed by atoms with van der Waals surface area (Å²) in [5.74, 6) is 0.587. The normalized spacial score (nSPS) is 22.3. The maximum absolute atomic E-state index is 12.8. The molecule has 3 heterocycles. The molecule has 0 saturated carbocycles. The lowest BCUT2D eigenvalue weighted by Crippen LogP contribution is -2.52. The minimum absolute atomic E-state index is 0.0353. The lowest BCUT2D eigenvalue weighted by Gasteiger charge is -2.37. The summed E-state index contributed by atoms with van der Waals surface area (Å²) in [5, 5.41) is 0.923. The summed E-state index contributed by atoms with van der Waals surface area (Å²) in [6, 6.07) is 13.5. The first-order valence-corrected chi connectivity index (χ1v) is 12.1. The number of carbonyl (C=O) groups is 1. The Morgan fingerprint density at radius 1 is 1.04 bits per heavy atom. The second-order valence-electron chi connectivity index (χ2n) is 7.18. The lowest BCUT2D eigenvalue weighted by atomic mass is 10.1. The second-order valence-corrected chi connectivity index (χ2v) is 10.5. The highest BCUT2D eigenvalue weighted by atomic mass is 32.2. The van der Waals surface area contributed by atoms with E-state index < -0.39 is 9.84 Å². The summed E-state index contributed by atoms with van der Waals surface area (Å²) in [6.45, 7) is 2.75. The van der Waals surface area contributed by atoms with E-state index in [-0.39, 0.29) is 17.7 Å². The molecule has 1 amide bonds. The van der Waals surface area contributed by atoms with Crippen molar-refractivity contribution in [2.45, 2.75) is 22.4 Å². The van der Waals surface area contributed by atoms with Gasteiger partial charge in [-0.15, -0.1) is 0 Å². The standard InChI is InChI=1S/C20H23N3O3S2/c24-20(16-4-6-18(7-5-16)27-19-3-1-2-9-21-19)23-12-10-22(11-13-23)17-8-14-28(25,26)15-17/h1-7,9,17H,8,10-15H2. The molecule has 4 rings (SSSR count). The van der Waals surface area contributed by atoms with Crippen LogP contribution in [-0.4, -0.2) is 72.8 Å². The molecular formula is C20H23N3O3S2. The predicted molar refractivity (Wildman–Crippen MR) is 109 cm³/mol. The predicted octanol–water partition coefficient (Wildman–Crippen LogP) is 2.18. The van der Waals surface area contributed by atoms with Crippen LogP contribution < -0.4 is 0 Å². The number of benzene rings is 1. The maximum Gasteiger partial charge on any atom is 0.253 e. The minimum atomic E-state index is -2.87. The third kappa shape index (κ3) is 4.56. The monoisotopic (exact) mass is 417 g/mol. The Balaban J connectivity index is 1.32. The van der Waals surface area contributed by atoms with Gasteiger partial charge in [0, 0.05) is 48.9 Å². The van der Waals surface area contributed by atoms with Gasteiger partial charge in [0.05, 0.1) is 11.5 Å². The Bertz CT molecular complexity index is 925. The van der Waals surface area contributed by atoms with Crippen molar-refractivity contribution in [2.24, 2.45) is 0 Å². The van der Waals surface area contributed by atoms with Gasteiger partial charge >= 0.3 is 0 Å². The zero-order valence-electron chi connectivity index (χ0n) is 15.5. The van der Waals surface area contributed by atoms with Crippen LogP contribution in [0, 0.1) is 0 Å². The van der Waals surface area contributed by atoms with E-state index in [1.54, 1.807) is 18.0 Å². The van der Waals surface area contributed by atoms with Crippen LogP contribution in [0.2, 0.25) is 0 Å². The molecular weight excluding hydrogens is 394 g/mol. The van der Waals surface area contributed by atoms with Gasteiger partial charge in [-0.2, -0.15) is 0 Å². The third-order valence-corrected chi connectivity index (χ3v) is 8.00. The van der Waals surface area contributed by atoms with Gasteiger partial charge in [-0.25, -0.2) is 13.4 Å². The minimum Gasteiger partial charge on any atom is -0.336 e. The molecule has 148 valence electrons. The van der Waals surface area contributed by atoms with E-state index in [1.807, 2.05) is 47.4 Å². The lowest BCUT2D eigenvalue weighted by molar-refractivity contribution is 0.0588. The van der Waals surface area contributed by atoms with E-state index in [1.165, 1.54) is 0 Å². The molecule has 1 atom stereocenters. The van der Waals surface area contributed by atoms with Crippen LogP contribution in [0.25, 0.3) is 0 Å². The molecule has 1 unspecified atom stereocenters. The number of sulfone groups is 1. The van der Waals surface area contributed by atoms with Crippen molar-refractivity contribution < 1.29 is 13.2 Å². The molecule has 1 aromatic carbocycles. The smallest absolute Gasteiger partial charge is 0.253 e. The molecule has 2 fully saturated rings. The molecule has 2 saturated heterocycles. The fourth-order valence-electron chi connectivity index (χ4n) is 3.73. The molecule has 0 bridgehead atoms. The molecule has 0 N–H and O–H groups in total. The first-order chi connectivity index (χ1) is 13.5. The number of pyridine rings is 1. The molecule has 2 aliphatic heterocycles. The molecule has 0 aliphatic carbocycles. The SMILES string of the molecule is O=C(c1ccc(Sc2ccccn2)cc1)N1CCN(C2CCS(=O)(=O)C2)CC1. The van der Waals surface area contributed by atoms with E-state index in [4.69, 9.17) is 0 Å². The highest BCUT2D eigenvalue weighted by Gasteiger charge is 2.34. The van der Waals surface area contributed by atoms with Crippen LogP contribution >= 0.6 is 11.8 Å². The van der Waals surface area contributed by atoms with Crippen molar-refractivity contribution in [3.63, 3.8) is 0 Å². The van der Waals surface area contributed by atoms with E-state index >= 15 is 0 Å². The highest BCUT2D eigenvalue weighted by Crippen LogP contribution is 2.26. The number of hydrogen-bond acceptors (Lipinski definition) is 6. The number of piperazine rings is 1. The van der Waals surface area contributed by atoms with Gasteiger partial charge in [0.2, 0.25) is 0 Å². The molecule has 0 spiro atoms. The van der Waals surface area contributed by atoms with Gasteiger partial charge in [0.1, 0.15) is 5.03 Å². The van der Waals surface area contributed by atoms with Crippen molar-refractivity contribution in [2.75, 3.05) is 37.7 Å². The Morgan fingerprint density at radius 2 is 1.79 bits per heavy atom. The fourth-order valence-corrected chi connectivity index (χ4v) is 6.27.